The number of ether oxygens (including phenoxy) is 2. The molecule has 5 nitrogen and oxygen atoms in total. The Morgan fingerprint density at radius 1 is 1.22 bits per heavy atom. The summed E-state index contributed by atoms with van der Waals surface area (Å²) in [5.74, 6) is 1.52. The Hall–Kier alpha value is -2.24. The maximum atomic E-state index is 12.6. The molecule has 0 aliphatic carbocycles. The van der Waals surface area contributed by atoms with Crippen molar-refractivity contribution in [1.29, 1.82) is 0 Å². The zero-order chi connectivity index (χ0) is 19.4. The first-order valence-corrected chi connectivity index (χ1v) is 9.41. The monoisotopic (exact) mass is 388 g/mol. The van der Waals surface area contributed by atoms with Crippen molar-refractivity contribution >= 4 is 23.2 Å². The van der Waals surface area contributed by atoms with E-state index in [2.05, 4.69) is 10.2 Å². The van der Waals surface area contributed by atoms with Gasteiger partial charge in [0.1, 0.15) is 11.5 Å². The number of rotatable bonds is 6. The number of nitrogens with zero attached hydrogens (tertiary/aromatic N) is 1. The molecule has 1 aliphatic heterocycles. The summed E-state index contributed by atoms with van der Waals surface area (Å²) in [5.41, 5.74) is 2.83. The van der Waals surface area contributed by atoms with Crippen LogP contribution in [0.5, 0.6) is 11.5 Å². The van der Waals surface area contributed by atoms with E-state index in [-0.39, 0.29) is 11.9 Å². The lowest BCUT2D eigenvalue weighted by atomic mass is 10.0. The van der Waals surface area contributed by atoms with Gasteiger partial charge < -0.3 is 14.8 Å². The number of carbonyl (C=O) groups excluding carboxylic acids is 1. The Bertz CT molecular complexity index is 825. The summed E-state index contributed by atoms with van der Waals surface area (Å²) >= 11 is 5.99. The molecule has 1 N–H and O–H groups in total. The number of halogens is 1. The highest BCUT2D eigenvalue weighted by Gasteiger charge is 2.30. The fourth-order valence-corrected chi connectivity index (χ4v) is 3.83. The summed E-state index contributed by atoms with van der Waals surface area (Å²) in [4.78, 5) is 14.8. The van der Waals surface area contributed by atoms with Crippen molar-refractivity contribution in [1.82, 2.24) is 4.90 Å². The Morgan fingerprint density at radius 3 is 2.74 bits per heavy atom. The van der Waals surface area contributed by atoms with Gasteiger partial charge in [0.2, 0.25) is 5.91 Å². The summed E-state index contributed by atoms with van der Waals surface area (Å²) < 4.78 is 10.8. The summed E-state index contributed by atoms with van der Waals surface area (Å²) in [6, 6.07) is 11.5. The van der Waals surface area contributed by atoms with Gasteiger partial charge in [-0.1, -0.05) is 17.7 Å². The van der Waals surface area contributed by atoms with Gasteiger partial charge in [-0.2, -0.15) is 0 Å². The minimum absolute atomic E-state index is 0.0280. The molecule has 1 fully saturated rings. The minimum Gasteiger partial charge on any atom is -0.497 e. The number of amides is 1. The molecule has 0 saturated carbocycles. The second-order valence-electron chi connectivity index (χ2n) is 6.74. The molecule has 0 unspecified atom stereocenters. The topological polar surface area (TPSA) is 50.8 Å². The van der Waals surface area contributed by atoms with Crippen LogP contribution in [0.4, 0.5) is 5.69 Å². The number of aryl methyl sites for hydroxylation is 1. The van der Waals surface area contributed by atoms with Crippen LogP contribution in [0.3, 0.4) is 0 Å². The van der Waals surface area contributed by atoms with Crippen molar-refractivity contribution in [3.63, 3.8) is 0 Å². The lowest BCUT2D eigenvalue weighted by molar-refractivity contribution is -0.117. The largest absolute Gasteiger partial charge is 0.497 e. The first-order chi connectivity index (χ1) is 13.0. The molecule has 2 aromatic carbocycles. The van der Waals surface area contributed by atoms with E-state index in [1.165, 1.54) is 0 Å². The van der Waals surface area contributed by atoms with Crippen LogP contribution in [0.2, 0.25) is 5.02 Å². The zero-order valence-corrected chi connectivity index (χ0v) is 16.7. The molecule has 1 aliphatic rings. The molecule has 0 spiro atoms. The molecule has 0 bridgehead atoms. The zero-order valence-electron chi connectivity index (χ0n) is 15.9. The average molecular weight is 389 g/mol. The molecule has 27 heavy (non-hydrogen) atoms. The van der Waals surface area contributed by atoms with Crippen LogP contribution in [-0.4, -0.2) is 38.1 Å². The Labute approximate surface area is 165 Å². The summed E-state index contributed by atoms with van der Waals surface area (Å²) in [6.45, 7) is 3.15. The second kappa shape index (κ2) is 8.63. The normalized spacial score (nSPS) is 17.0. The van der Waals surface area contributed by atoms with Crippen LogP contribution >= 0.6 is 11.6 Å². The third kappa shape index (κ3) is 4.54. The van der Waals surface area contributed by atoms with Crippen molar-refractivity contribution in [2.75, 3.05) is 32.6 Å². The standard InChI is InChI=1S/C21H25ClN2O3/c1-14-11-15(22)6-9-18(14)23-21(25)13-24-10-4-5-19(24)17-8-7-16(26-2)12-20(17)27-3/h6-9,11-12,19H,4-5,10,13H2,1-3H3,(H,23,25)/t19-/m0/s1. The lowest BCUT2D eigenvalue weighted by Crippen LogP contribution is -2.33. The van der Waals surface area contributed by atoms with Gasteiger partial charge in [-0.05, 0) is 56.1 Å². The molecular formula is C21H25ClN2O3. The van der Waals surface area contributed by atoms with Crippen LogP contribution in [0.15, 0.2) is 36.4 Å². The molecule has 144 valence electrons. The number of methoxy groups -OCH3 is 2. The first kappa shape index (κ1) is 19.5. The second-order valence-corrected chi connectivity index (χ2v) is 7.18. The number of hydrogen-bond acceptors (Lipinski definition) is 4. The van der Waals surface area contributed by atoms with Crippen molar-refractivity contribution in [2.24, 2.45) is 0 Å². The van der Waals surface area contributed by atoms with Crippen molar-refractivity contribution in [3.05, 3.63) is 52.5 Å². The Kier molecular flexibility index (Phi) is 6.24. The minimum atomic E-state index is -0.0280. The SMILES string of the molecule is COc1ccc([C@@H]2CCCN2CC(=O)Nc2ccc(Cl)cc2C)c(OC)c1. The quantitative estimate of drug-likeness (QED) is 0.794. The van der Waals surface area contributed by atoms with E-state index >= 15 is 0 Å². The fourth-order valence-electron chi connectivity index (χ4n) is 3.60. The molecule has 1 atom stereocenters. The number of anilines is 1. The van der Waals surface area contributed by atoms with Crippen LogP contribution < -0.4 is 14.8 Å². The van der Waals surface area contributed by atoms with E-state index in [1.807, 2.05) is 37.3 Å². The van der Waals surface area contributed by atoms with E-state index in [0.717, 1.165) is 47.7 Å². The van der Waals surface area contributed by atoms with E-state index in [1.54, 1.807) is 20.3 Å². The number of carbonyl (C=O) groups is 1. The van der Waals surface area contributed by atoms with Gasteiger partial charge in [0.25, 0.3) is 0 Å². The molecule has 0 radical (unpaired) electrons. The van der Waals surface area contributed by atoms with E-state index in [0.29, 0.717) is 11.6 Å². The maximum absolute atomic E-state index is 12.6. The van der Waals surface area contributed by atoms with Gasteiger partial charge >= 0.3 is 0 Å². The first-order valence-electron chi connectivity index (χ1n) is 9.04. The summed E-state index contributed by atoms with van der Waals surface area (Å²) in [6.07, 6.45) is 2.04. The predicted octanol–water partition coefficient (Wildman–Crippen LogP) is 4.44. The van der Waals surface area contributed by atoms with Crippen molar-refractivity contribution in [3.8, 4) is 11.5 Å². The van der Waals surface area contributed by atoms with Gasteiger partial charge in [0.05, 0.1) is 20.8 Å². The number of nitrogens with one attached hydrogen (secondary N) is 1. The van der Waals surface area contributed by atoms with Crippen molar-refractivity contribution < 1.29 is 14.3 Å². The highest BCUT2D eigenvalue weighted by molar-refractivity contribution is 6.30. The van der Waals surface area contributed by atoms with Gasteiger partial charge in [-0.25, -0.2) is 0 Å². The molecule has 1 amide bonds. The van der Waals surface area contributed by atoms with Crippen LogP contribution in [0, 0.1) is 6.92 Å². The smallest absolute Gasteiger partial charge is 0.238 e. The Morgan fingerprint density at radius 2 is 2.04 bits per heavy atom. The third-order valence-corrected chi connectivity index (χ3v) is 5.21. The number of hydrogen-bond donors (Lipinski definition) is 1. The predicted molar refractivity (Wildman–Crippen MR) is 108 cm³/mol. The van der Waals surface area contributed by atoms with Gasteiger partial charge in [0.15, 0.2) is 0 Å². The van der Waals surface area contributed by atoms with Crippen LogP contribution in [0.25, 0.3) is 0 Å². The number of benzene rings is 2. The molecule has 0 aromatic heterocycles. The van der Waals surface area contributed by atoms with Crippen molar-refractivity contribution in [2.45, 2.75) is 25.8 Å². The van der Waals surface area contributed by atoms with E-state index in [9.17, 15) is 4.79 Å². The average Bonchev–Trinajstić information content (AvgIpc) is 3.11. The highest BCUT2D eigenvalue weighted by atomic mass is 35.5. The van der Waals surface area contributed by atoms with Gasteiger partial charge in [-0.15, -0.1) is 0 Å². The summed E-state index contributed by atoms with van der Waals surface area (Å²) in [5, 5.41) is 3.66. The maximum Gasteiger partial charge on any atom is 0.238 e. The molecule has 1 heterocycles. The molecule has 1 saturated heterocycles. The lowest BCUT2D eigenvalue weighted by Gasteiger charge is -2.26. The third-order valence-electron chi connectivity index (χ3n) is 4.97. The molecule has 6 heteroatoms. The van der Waals surface area contributed by atoms with Gasteiger partial charge in [-0.3, -0.25) is 9.69 Å². The van der Waals surface area contributed by atoms with E-state index in [4.69, 9.17) is 21.1 Å². The Balaban J connectivity index is 1.72. The highest BCUT2D eigenvalue weighted by Crippen LogP contribution is 2.38. The van der Waals surface area contributed by atoms with E-state index < -0.39 is 0 Å². The summed E-state index contributed by atoms with van der Waals surface area (Å²) in [7, 11) is 3.30. The number of likely N-dealkylation sites (tertiary alicyclic amines) is 1. The molecule has 3 rings (SSSR count). The molecule has 2 aromatic rings. The van der Waals surface area contributed by atoms with Crippen LogP contribution in [0.1, 0.15) is 30.0 Å². The van der Waals surface area contributed by atoms with Crippen LogP contribution in [-0.2, 0) is 4.79 Å². The molecular weight excluding hydrogens is 364 g/mol. The fraction of sp³-hybridized carbons (Fsp3) is 0.381. The van der Waals surface area contributed by atoms with Gasteiger partial charge in [0, 0.05) is 28.4 Å².